The number of aliphatic hydroxyl groups is 1. The van der Waals surface area contributed by atoms with Crippen LogP contribution in [-0.2, 0) is 28.3 Å². The molecule has 1 aliphatic carbocycles. The van der Waals surface area contributed by atoms with Gasteiger partial charge in [-0.25, -0.2) is 0 Å². The number of halogens is 1. The topological polar surface area (TPSA) is 63.9 Å². The molecule has 1 saturated carbocycles. The minimum Gasteiger partial charge on any atom is -0.423 e. The van der Waals surface area contributed by atoms with Crippen LogP contribution in [0.4, 0.5) is 0 Å². The molecule has 202 valence electrons. The molecule has 0 saturated heterocycles. The summed E-state index contributed by atoms with van der Waals surface area (Å²) < 4.78 is 13.7. The van der Waals surface area contributed by atoms with E-state index in [-0.39, 0.29) is 0 Å². The Morgan fingerprint density at radius 3 is 2.46 bits per heavy atom. The molecule has 39 heavy (non-hydrogen) atoms. The van der Waals surface area contributed by atoms with E-state index in [0.29, 0.717) is 18.4 Å². The van der Waals surface area contributed by atoms with Crippen molar-refractivity contribution in [2.24, 2.45) is 0 Å². The maximum absolute atomic E-state index is 10.8. The summed E-state index contributed by atoms with van der Waals surface area (Å²) in [6.45, 7) is 8.66. The molecule has 0 atom stereocenters. The third-order valence-electron chi connectivity index (χ3n) is 8.23. The van der Waals surface area contributed by atoms with Crippen molar-refractivity contribution in [3.05, 3.63) is 76.9 Å². The molecular weight excluding hydrogens is 525 g/mol. The Bertz CT molecular complexity index is 1520. The highest BCUT2D eigenvalue weighted by atomic mass is 35.5. The first-order valence-corrected chi connectivity index (χ1v) is 17.9. The molecule has 0 amide bonds. The molecule has 0 unspecified atom stereocenters. The molecule has 1 fully saturated rings. The van der Waals surface area contributed by atoms with Crippen molar-refractivity contribution in [3.8, 4) is 22.3 Å². The maximum Gasteiger partial charge on any atom is 0.491 e. The van der Waals surface area contributed by atoms with Crippen LogP contribution in [0.3, 0.4) is 0 Å². The average molecular weight is 560 g/mol. The summed E-state index contributed by atoms with van der Waals surface area (Å²) in [5.41, 5.74) is 7.14. The van der Waals surface area contributed by atoms with Crippen LogP contribution in [0.5, 0.6) is 0 Å². The van der Waals surface area contributed by atoms with E-state index in [0.717, 1.165) is 81.7 Å². The predicted molar refractivity (Wildman–Crippen MR) is 162 cm³/mol. The second-order valence-corrected chi connectivity index (χ2v) is 18.3. The summed E-state index contributed by atoms with van der Waals surface area (Å²) in [5.74, 6) is 0. The van der Waals surface area contributed by atoms with E-state index in [1.165, 1.54) is 0 Å². The molecule has 4 aromatic rings. The minimum absolute atomic E-state index is 0.425. The van der Waals surface area contributed by atoms with Gasteiger partial charge in [0.05, 0.1) is 22.7 Å². The second kappa shape index (κ2) is 10.2. The van der Waals surface area contributed by atoms with Crippen LogP contribution < -0.4 is 5.46 Å². The van der Waals surface area contributed by atoms with Gasteiger partial charge in [0, 0.05) is 37.4 Å². The molecule has 0 spiro atoms. The first-order valence-electron chi connectivity index (χ1n) is 13.8. The molecule has 6 rings (SSSR count). The molecule has 0 radical (unpaired) electrons. The SMILES string of the molecule is C[Si](C)(C)CCOCn1cc(-c2ccc3c(c2)B(O)OC3)c2cc(-c3ccc(C4(O)CCC4)cc3)c(Cl)cc21. The third-order valence-corrected chi connectivity index (χ3v) is 10.2. The summed E-state index contributed by atoms with van der Waals surface area (Å²) in [6.07, 6.45) is 4.82. The number of hydrogen-bond donors (Lipinski definition) is 2. The quantitative estimate of drug-likeness (QED) is 0.190. The fraction of sp³-hybridized carbons (Fsp3) is 0.355. The average Bonchev–Trinajstić information content (AvgIpc) is 3.44. The second-order valence-electron chi connectivity index (χ2n) is 12.2. The Balaban J connectivity index is 1.40. The number of fused-ring (bicyclic) bond motifs is 2. The third kappa shape index (κ3) is 5.24. The van der Waals surface area contributed by atoms with E-state index in [4.69, 9.17) is 21.0 Å². The van der Waals surface area contributed by atoms with Gasteiger partial charge in [0.2, 0.25) is 0 Å². The van der Waals surface area contributed by atoms with E-state index in [2.05, 4.69) is 54.7 Å². The van der Waals surface area contributed by atoms with Crippen molar-refractivity contribution < 1.29 is 19.5 Å². The molecular formula is C31H35BClNO4Si. The van der Waals surface area contributed by atoms with Crippen LogP contribution >= 0.6 is 11.6 Å². The van der Waals surface area contributed by atoms with Crippen LogP contribution in [0, 0.1) is 0 Å². The van der Waals surface area contributed by atoms with Crippen molar-refractivity contribution in [3.63, 3.8) is 0 Å². The lowest BCUT2D eigenvalue weighted by Gasteiger charge is -2.37. The van der Waals surface area contributed by atoms with Gasteiger partial charge in [-0.1, -0.05) is 73.7 Å². The Morgan fingerprint density at radius 1 is 1.03 bits per heavy atom. The van der Waals surface area contributed by atoms with Crippen molar-refractivity contribution in [2.45, 2.75) is 63.9 Å². The van der Waals surface area contributed by atoms with E-state index in [9.17, 15) is 10.1 Å². The van der Waals surface area contributed by atoms with Crippen LogP contribution in [0.15, 0.2) is 60.8 Å². The van der Waals surface area contributed by atoms with Gasteiger partial charge < -0.3 is 24.1 Å². The molecule has 8 heteroatoms. The van der Waals surface area contributed by atoms with Crippen molar-refractivity contribution in [1.29, 1.82) is 0 Å². The van der Waals surface area contributed by atoms with Crippen LogP contribution in [0.2, 0.25) is 30.7 Å². The molecule has 2 N–H and O–H groups in total. The van der Waals surface area contributed by atoms with E-state index < -0.39 is 20.8 Å². The Hall–Kier alpha value is -2.39. The monoisotopic (exact) mass is 559 g/mol. The normalized spacial score (nSPS) is 16.5. The zero-order chi connectivity index (χ0) is 27.4. The molecule has 2 aliphatic rings. The molecule has 3 aromatic carbocycles. The predicted octanol–water partition coefficient (Wildman–Crippen LogP) is 6.53. The first kappa shape index (κ1) is 26.8. The van der Waals surface area contributed by atoms with Gasteiger partial charge in [-0.2, -0.15) is 0 Å². The van der Waals surface area contributed by atoms with Crippen molar-refractivity contribution in [1.82, 2.24) is 4.57 Å². The Labute approximate surface area is 236 Å². The van der Waals surface area contributed by atoms with Gasteiger partial charge in [0.1, 0.15) is 6.73 Å². The fourth-order valence-corrected chi connectivity index (χ4v) is 6.58. The first-order chi connectivity index (χ1) is 18.6. The van der Waals surface area contributed by atoms with E-state index >= 15 is 0 Å². The lowest BCUT2D eigenvalue weighted by Crippen LogP contribution is -2.33. The Kier molecular flexibility index (Phi) is 7.03. The summed E-state index contributed by atoms with van der Waals surface area (Å²) >= 11 is 6.90. The molecule has 0 bridgehead atoms. The van der Waals surface area contributed by atoms with E-state index in [1.54, 1.807) is 0 Å². The molecule has 2 heterocycles. The van der Waals surface area contributed by atoms with Gasteiger partial charge in [-0.05, 0) is 65.2 Å². The number of aromatic nitrogens is 1. The van der Waals surface area contributed by atoms with Gasteiger partial charge in [-0.15, -0.1) is 0 Å². The van der Waals surface area contributed by atoms with Crippen molar-refractivity contribution >= 4 is 43.2 Å². The Morgan fingerprint density at radius 2 is 1.77 bits per heavy atom. The van der Waals surface area contributed by atoms with Crippen molar-refractivity contribution in [2.75, 3.05) is 6.61 Å². The zero-order valence-corrected chi connectivity index (χ0v) is 24.6. The van der Waals surface area contributed by atoms with Gasteiger partial charge >= 0.3 is 7.12 Å². The number of hydrogen-bond acceptors (Lipinski definition) is 4. The highest BCUT2D eigenvalue weighted by Gasteiger charge is 2.36. The van der Waals surface area contributed by atoms with Gasteiger partial charge in [0.15, 0.2) is 0 Å². The number of benzene rings is 3. The smallest absolute Gasteiger partial charge is 0.423 e. The number of ether oxygens (including phenoxy) is 1. The van der Waals surface area contributed by atoms with Crippen LogP contribution in [-0.4, -0.2) is 36.5 Å². The minimum atomic E-state index is -1.19. The lowest BCUT2D eigenvalue weighted by atomic mass is 9.75. The summed E-state index contributed by atoms with van der Waals surface area (Å²) in [7, 11) is -2.08. The van der Waals surface area contributed by atoms with Gasteiger partial charge in [0.25, 0.3) is 0 Å². The van der Waals surface area contributed by atoms with Crippen LogP contribution in [0.25, 0.3) is 33.2 Å². The highest BCUT2D eigenvalue weighted by Crippen LogP contribution is 2.43. The highest BCUT2D eigenvalue weighted by molar-refractivity contribution is 6.76. The number of rotatable bonds is 8. The molecule has 1 aromatic heterocycles. The fourth-order valence-electron chi connectivity index (χ4n) is 5.55. The van der Waals surface area contributed by atoms with Crippen LogP contribution in [0.1, 0.15) is 30.4 Å². The summed E-state index contributed by atoms with van der Waals surface area (Å²) in [4.78, 5) is 0. The largest absolute Gasteiger partial charge is 0.491 e. The number of nitrogens with zero attached hydrogens (tertiary/aromatic N) is 1. The van der Waals surface area contributed by atoms with Gasteiger partial charge in [-0.3, -0.25) is 0 Å². The molecule has 1 aliphatic heterocycles. The summed E-state index contributed by atoms with van der Waals surface area (Å²) in [6, 6.07) is 19.6. The molecule has 5 nitrogen and oxygen atoms in total. The standard InChI is InChI=1S/C31H35BClNO4Si/c1-39(2,3)14-13-37-20-34-18-27(22-5-6-23-19-38-32(36)28(23)15-22)26-16-25(29(33)17-30(26)34)21-7-9-24(10-8-21)31(35)11-4-12-31/h5-10,15-18,35-36H,4,11-14,19-20H2,1-3H3. The summed E-state index contributed by atoms with van der Waals surface area (Å²) in [5, 5.41) is 22.8. The maximum atomic E-state index is 10.8. The van der Waals surface area contributed by atoms with E-state index in [1.807, 2.05) is 30.3 Å². The zero-order valence-electron chi connectivity index (χ0n) is 22.8. The lowest BCUT2D eigenvalue weighted by molar-refractivity contribution is -0.0387.